The fourth-order valence-corrected chi connectivity index (χ4v) is 3.40. The van der Waals surface area contributed by atoms with Gasteiger partial charge in [-0.15, -0.1) is 0 Å². The van der Waals surface area contributed by atoms with Gasteiger partial charge in [-0.1, -0.05) is 49.4 Å². The Kier molecular flexibility index (Phi) is 11.0. The van der Waals surface area contributed by atoms with Crippen LogP contribution in [0.1, 0.15) is 19.4 Å². The average molecular weight is 486 g/mol. The third kappa shape index (κ3) is 5.16. The maximum Gasteiger partial charge on any atom is 0.275 e. The summed E-state index contributed by atoms with van der Waals surface area (Å²) in [5, 5.41) is 10.8. The molecule has 0 amide bonds. The zero-order valence-electron chi connectivity index (χ0n) is 16.5. The van der Waals surface area contributed by atoms with Crippen LogP contribution in [0.3, 0.4) is 0 Å². The van der Waals surface area contributed by atoms with Crippen molar-refractivity contribution in [2.24, 2.45) is 0 Å². The molecule has 1 N–H and O–H groups in total. The van der Waals surface area contributed by atoms with E-state index in [0.29, 0.717) is 5.56 Å². The molecular weight excluding hydrogens is 463 g/mol. The first-order valence-corrected chi connectivity index (χ1v) is 8.90. The number of methoxy groups -OCH3 is 1. The van der Waals surface area contributed by atoms with E-state index in [1.807, 2.05) is 13.8 Å². The number of ether oxygens (including phenoxy) is 1. The smallest absolute Gasteiger partial charge is 0.275 e. The number of alkyl halides is 2. The van der Waals surface area contributed by atoms with Gasteiger partial charge in [0.15, 0.2) is 5.65 Å². The number of hydrogen-bond acceptors (Lipinski definition) is 5. The second-order valence-corrected chi connectivity index (χ2v) is 6.14. The van der Waals surface area contributed by atoms with Crippen LogP contribution >= 0.6 is 11.3 Å². The molecule has 2 heterocycles. The Morgan fingerprint density at radius 2 is 1.89 bits per heavy atom. The van der Waals surface area contributed by atoms with Gasteiger partial charge in [0.05, 0.1) is 19.2 Å². The topological polar surface area (TPSA) is 64.3 Å². The average Bonchev–Trinajstić information content (AvgIpc) is 3.06. The molecule has 0 atom stereocenters. The summed E-state index contributed by atoms with van der Waals surface area (Å²) < 4.78 is 32.1. The third-order valence-corrected chi connectivity index (χ3v) is 4.68. The zero-order valence-corrected chi connectivity index (χ0v) is 20.1. The molecule has 3 rings (SSSR count). The number of aryl methyl sites for hydroxylation is 1. The van der Waals surface area contributed by atoms with Crippen LogP contribution in [0.2, 0.25) is 0 Å². The minimum absolute atomic E-state index is 0. The first kappa shape index (κ1) is 26.6. The van der Waals surface area contributed by atoms with E-state index in [2.05, 4.69) is 4.98 Å². The molecule has 0 bridgehead atoms. The Morgan fingerprint density at radius 1 is 1.29 bits per heavy atom. The van der Waals surface area contributed by atoms with Crippen LogP contribution in [0.25, 0.3) is 21.5 Å². The molecule has 0 unspecified atom stereocenters. The fourth-order valence-electron chi connectivity index (χ4n) is 2.57. The molecule has 3 aromatic rings. The van der Waals surface area contributed by atoms with E-state index < -0.39 is 18.5 Å². The molecule has 5 nitrogen and oxygen atoms in total. The number of aromatic nitrogens is 2. The first-order valence-electron chi connectivity index (χ1n) is 8.08. The van der Waals surface area contributed by atoms with Crippen molar-refractivity contribution in [1.82, 2.24) is 9.55 Å². The van der Waals surface area contributed by atoms with Crippen LogP contribution in [0.15, 0.2) is 29.1 Å². The number of benzene rings is 1. The van der Waals surface area contributed by atoms with Crippen molar-refractivity contribution in [2.75, 3.05) is 7.11 Å². The summed E-state index contributed by atoms with van der Waals surface area (Å²) in [5.74, 6) is -0.268. The number of nitrogens with zero attached hydrogens (tertiary/aromatic N) is 2. The van der Waals surface area contributed by atoms with Crippen LogP contribution in [-0.2, 0) is 39.3 Å². The maximum absolute atomic E-state index is 13.0. The summed E-state index contributed by atoms with van der Waals surface area (Å²) in [6.45, 7) is 4.98. The van der Waals surface area contributed by atoms with Gasteiger partial charge in [0, 0.05) is 32.7 Å². The van der Waals surface area contributed by atoms with Gasteiger partial charge in [-0.3, -0.25) is 9.36 Å². The van der Waals surface area contributed by atoms with Crippen LogP contribution in [0, 0.1) is 14.4 Å². The number of rotatable bonds is 4. The molecule has 0 spiro atoms. The molecule has 1 aromatic carbocycles. The molecular formula is C19H23F2N2O3SY-. The molecule has 0 saturated heterocycles. The molecule has 0 aliphatic rings. The molecule has 0 aliphatic carbocycles. The van der Waals surface area contributed by atoms with Gasteiger partial charge in [0.2, 0.25) is 0 Å². The Balaban J connectivity index is 0.00000177. The van der Waals surface area contributed by atoms with Crippen molar-refractivity contribution in [3.05, 3.63) is 47.6 Å². The summed E-state index contributed by atoms with van der Waals surface area (Å²) in [7, 11) is 1.38. The second-order valence-electron chi connectivity index (χ2n) is 5.18. The molecule has 28 heavy (non-hydrogen) atoms. The Hall–Kier alpha value is -1.38. The normalized spacial score (nSPS) is 9.96. The predicted octanol–water partition coefficient (Wildman–Crippen LogP) is 4.89. The van der Waals surface area contributed by atoms with E-state index in [1.54, 1.807) is 31.2 Å². The maximum atomic E-state index is 13.0. The predicted molar refractivity (Wildman–Crippen MR) is 106 cm³/mol. The van der Waals surface area contributed by atoms with Gasteiger partial charge in [0.1, 0.15) is 10.4 Å². The minimum atomic E-state index is -2.73. The Morgan fingerprint density at radius 3 is 2.43 bits per heavy atom. The molecule has 2 aromatic heterocycles. The van der Waals surface area contributed by atoms with Gasteiger partial charge < -0.3 is 17.3 Å². The first-order chi connectivity index (χ1) is 12.4. The van der Waals surface area contributed by atoms with Crippen molar-refractivity contribution in [3.63, 3.8) is 0 Å². The van der Waals surface area contributed by atoms with Crippen LogP contribution in [0.4, 0.5) is 8.78 Å². The molecule has 0 saturated carbocycles. The summed E-state index contributed by atoms with van der Waals surface area (Å²) in [6.07, 6.45) is -2.73. The van der Waals surface area contributed by atoms with Crippen molar-refractivity contribution < 1.29 is 51.3 Å². The zero-order chi connectivity index (χ0) is 19.4. The van der Waals surface area contributed by atoms with E-state index in [4.69, 9.17) is 4.74 Å². The molecule has 0 fully saturated rings. The quantitative estimate of drug-likeness (QED) is 0.534. The number of hydrogen-bond donors (Lipinski definition) is 1. The second kappa shape index (κ2) is 11.6. The largest absolute Gasteiger partial charge is 0.505 e. The van der Waals surface area contributed by atoms with Crippen LogP contribution in [0.5, 0.6) is 10.9 Å². The van der Waals surface area contributed by atoms with Gasteiger partial charge >= 0.3 is 0 Å². The van der Waals surface area contributed by atoms with Crippen molar-refractivity contribution in [3.8, 4) is 22.1 Å². The summed E-state index contributed by atoms with van der Waals surface area (Å²) in [5.41, 5.74) is 0.536. The van der Waals surface area contributed by atoms with E-state index in [-0.39, 0.29) is 67.0 Å². The Bertz CT molecular complexity index is 974. The number of halogens is 2. The van der Waals surface area contributed by atoms with E-state index in [1.165, 1.54) is 7.11 Å². The minimum Gasteiger partial charge on any atom is -0.505 e. The van der Waals surface area contributed by atoms with Crippen molar-refractivity contribution in [1.29, 1.82) is 0 Å². The monoisotopic (exact) mass is 486 g/mol. The van der Waals surface area contributed by atoms with Gasteiger partial charge in [-0.2, -0.15) is 4.98 Å². The Labute approximate surface area is 192 Å². The standard InChI is InChI=1S/C16H14F2N2O3S.C2H6.CH3.Y/c1-8-5-3-4-6-9(8)11-12(21)13-14(19-16(23-2)24-13)20(15(11)22)7-10(17)18;1-2;;/h3-6,10,21H,7H2,1-2H3;1-2H3;1H3;/q;;-1;. The summed E-state index contributed by atoms with van der Waals surface area (Å²) >= 11 is 1.00. The number of thiazole rings is 1. The number of pyridine rings is 1. The van der Waals surface area contributed by atoms with Gasteiger partial charge in [-0.05, 0) is 18.1 Å². The molecule has 151 valence electrons. The fraction of sp³-hybridized carbons (Fsp3) is 0.316. The summed E-state index contributed by atoms with van der Waals surface area (Å²) in [4.78, 5) is 16.8. The number of aromatic hydroxyl groups is 1. The number of fused-ring (bicyclic) bond motifs is 1. The molecule has 9 heteroatoms. The van der Waals surface area contributed by atoms with Crippen molar-refractivity contribution >= 4 is 21.7 Å². The van der Waals surface area contributed by atoms with Crippen LogP contribution in [-0.4, -0.2) is 28.2 Å². The third-order valence-electron chi connectivity index (χ3n) is 3.67. The van der Waals surface area contributed by atoms with E-state index >= 15 is 0 Å². The van der Waals surface area contributed by atoms with Crippen molar-refractivity contribution in [2.45, 2.75) is 33.7 Å². The SMILES string of the molecule is CC.COc1nc2c(s1)c(O)c(-c1ccccc1C)c(=O)n2CC(F)F.[CH3-].[Y]. The van der Waals surface area contributed by atoms with Crippen LogP contribution < -0.4 is 10.3 Å². The molecule has 1 radical (unpaired) electrons. The molecule has 0 aliphatic heterocycles. The summed E-state index contributed by atoms with van der Waals surface area (Å²) in [6, 6.07) is 6.96. The van der Waals surface area contributed by atoms with E-state index in [9.17, 15) is 18.7 Å². The van der Waals surface area contributed by atoms with Gasteiger partial charge in [0.25, 0.3) is 17.2 Å². The van der Waals surface area contributed by atoms with E-state index in [0.717, 1.165) is 21.5 Å². The van der Waals surface area contributed by atoms with Gasteiger partial charge in [-0.25, -0.2) is 8.78 Å².